The van der Waals surface area contributed by atoms with Crippen LogP contribution in [0.2, 0.25) is 0 Å². The number of nitrogens with zero attached hydrogens (tertiary/aromatic N) is 1. The van der Waals surface area contributed by atoms with E-state index in [9.17, 15) is 0 Å². The summed E-state index contributed by atoms with van der Waals surface area (Å²) in [6.07, 6.45) is 1.55. The summed E-state index contributed by atoms with van der Waals surface area (Å²) in [7, 11) is 0. The van der Waals surface area contributed by atoms with E-state index in [-0.39, 0.29) is 0 Å². The Kier molecular flexibility index (Phi) is 18.4. The van der Waals surface area contributed by atoms with E-state index in [4.69, 9.17) is 4.74 Å². The Bertz CT molecular complexity index is 287. The molecule has 1 aliphatic rings. The number of hydrogen-bond donors (Lipinski definition) is 0. The molecule has 1 aromatic rings. The minimum atomic E-state index is 0.433. The fourth-order valence-electron chi connectivity index (χ4n) is 2.01. The molecule has 1 aromatic carbocycles. The topological polar surface area (TPSA) is 12.5 Å². The molecule has 0 bridgehead atoms. The largest absolute Gasteiger partial charge is 0.376 e. The fraction of sp³-hybridized carbons (Fsp3) is 0.684. The van der Waals surface area contributed by atoms with Crippen LogP contribution in [0.3, 0.4) is 0 Å². The van der Waals surface area contributed by atoms with Crippen LogP contribution in [0.25, 0.3) is 0 Å². The molecule has 0 spiro atoms. The van der Waals surface area contributed by atoms with Gasteiger partial charge in [0.15, 0.2) is 0 Å². The highest BCUT2D eigenvalue weighted by atomic mass is 16.5. The number of hydrogen-bond acceptors (Lipinski definition) is 2. The Labute approximate surface area is 133 Å². The molecule has 0 aliphatic carbocycles. The number of rotatable bonds is 3. The fourth-order valence-corrected chi connectivity index (χ4v) is 2.01. The molecule has 0 amide bonds. The van der Waals surface area contributed by atoms with E-state index in [2.05, 4.69) is 42.2 Å². The monoisotopic (exact) mass is 295 g/mol. The van der Waals surface area contributed by atoms with Crippen LogP contribution in [0.15, 0.2) is 30.3 Å². The zero-order valence-corrected chi connectivity index (χ0v) is 15.4. The Hall–Kier alpha value is -0.860. The number of ether oxygens (including phenoxy) is 1. The predicted molar refractivity (Wildman–Crippen MR) is 95.8 cm³/mol. The minimum Gasteiger partial charge on any atom is -0.376 e. The Morgan fingerprint density at radius 1 is 1.00 bits per heavy atom. The maximum Gasteiger partial charge on any atom is 0.0700 e. The molecule has 2 heteroatoms. The highest BCUT2D eigenvalue weighted by Gasteiger charge is 2.18. The van der Waals surface area contributed by atoms with Gasteiger partial charge in [-0.1, -0.05) is 78.8 Å². The van der Waals surface area contributed by atoms with Gasteiger partial charge in [0.25, 0.3) is 0 Å². The molecular weight excluding hydrogens is 258 g/mol. The van der Waals surface area contributed by atoms with Gasteiger partial charge in [0.05, 0.1) is 12.7 Å². The van der Waals surface area contributed by atoms with Crippen molar-refractivity contribution in [1.29, 1.82) is 0 Å². The molecule has 1 fully saturated rings. The van der Waals surface area contributed by atoms with Crippen LogP contribution >= 0.6 is 0 Å². The third-order valence-corrected chi connectivity index (χ3v) is 2.93. The van der Waals surface area contributed by atoms with Crippen LogP contribution in [0.4, 0.5) is 0 Å². The van der Waals surface area contributed by atoms with Crippen molar-refractivity contribution in [2.45, 2.75) is 67.5 Å². The summed E-state index contributed by atoms with van der Waals surface area (Å²) < 4.78 is 5.65. The van der Waals surface area contributed by atoms with Crippen LogP contribution in [0.1, 0.15) is 60.5 Å². The molecule has 1 atom stereocenters. The molecule has 0 N–H and O–H groups in total. The molecule has 1 aliphatic heterocycles. The van der Waals surface area contributed by atoms with E-state index in [0.29, 0.717) is 6.10 Å². The quantitative estimate of drug-likeness (QED) is 0.742. The molecule has 0 aromatic heterocycles. The van der Waals surface area contributed by atoms with Gasteiger partial charge in [-0.05, 0) is 12.0 Å². The van der Waals surface area contributed by atoms with E-state index in [1.807, 2.05) is 41.5 Å². The summed E-state index contributed by atoms with van der Waals surface area (Å²) in [4.78, 5) is 2.48. The molecule has 2 rings (SSSR count). The molecule has 2 nitrogen and oxygen atoms in total. The summed E-state index contributed by atoms with van der Waals surface area (Å²) in [6.45, 7) is 18.3. The standard InChI is InChI=1S/C13H19NO.3C2H6/c1-2-13-11-14(8-9-15-13)10-12-6-4-3-5-7-12;3*1-2/h3-7,13H,2,8-11H2,1H3;3*1-2H3. The highest BCUT2D eigenvalue weighted by molar-refractivity contribution is 5.14. The first kappa shape index (κ1) is 22.4. The summed E-state index contributed by atoms with van der Waals surface area (Å²) >= 11 is 0. The van der Waals surface area contributed by atoms with Crippen molar-refractivity contribution in [3.63, 3.8) is 0 Å². The van der Waals surface area contributed by atoms with Gasteiger partial charge in [0.2, 0.25) is 0 Å². The first-order chi connectivity index (χ1) is 10.4. The predicted octanol–water partition coefficient (Wildman–Crippen LogP) is 5.38. The summed E-state index contributed by atoms with van der Waals surface area (Å²) in [6, 6.07) is 10.7. The molecule has 124 valence electrons. The SMILES string of the molecule is CC.CC.CC.CCC1CN(Cc2ccccc2)CCO1. The second-order valence-electron chi connectivity index (χ2n) is 4.12. The lowest BCUT2D eigenvalue weighted by Gasteiger charge is -2.32. The van der Waals surface area contributed by atoms with Crippen molar-refractivity contribution in [2.75, 3.05) is 19.7 Å². The van der Waals surface area contributed by atoms with Crippen molar-refractivity contribution < 1.29 is 4.74 Å². The second kappa shape index (κ2) is 17.2. The molecule has 0 saturated carbocycles. The lowest BCUT2D eigenvalue weighted by atomic mass is 10.1. The number of benzene rings is 1. The van der Waals surface area contributed by atoms with Gasteiger partial charge in [-0.3, -0.25) is 4.90 Å². The van der Waals surface area contributed by atoms with Crippen molar-refractivity contribution in [1.82, 2.24) is 4.90 Å². The van der Waals surface area contributed by atoms with Gasteiger partial charge in [-0.25, -0.2) is 0 Å². The maximum atomic E-state index is 5.65. The van der Waals surface area contributed by atoms with Gasteiger partial charge in [-0.2, -0.15) is 0 Å². The van der Waals surface area contributed by atoms with Gasteiger partial charge in [0, 0.05) is 19.6 Å². The normalized spacial score (nSPS) is 17.2. The van der Waals surface area contributed by atoms with Crippen molar-refractivity contribution >= 4 is 0 Å². The molecule has 21 heavy (non-hydrogen) atoms. The van der Waals surface area contributed by atoms with Gasteiger partial charge < -0.3 is 4.74 Å². The first-order valence-electron chi connectivity index (χ1n) is 8.76. The average molecular weight is 296 g/mol. The zero-order chi connectivity index (χ0) is 16.5. The Morgan fingerprint density at radius 3 is 2.10 bits per heavy atom. The van der Waals surface area contributed by atoms with Gasteiger partial charge in [-0.15, -0.1) is 0 Å². The summed E-state index contributed by atoms with van der Waals surface area (Å²) in [5, 5.41) is 0. The van der Waals surface area contributed by atoms with Crippen LogP contribution in [-0.2, 0) is 11.3 Å². The third-order valence-electron chi connectivity index (χ3n) is 2.93. The van der Waals surface area contributed by atoms with E-state index < -0.39 is 0 Å². The van der Waals surface area contributed by atoms with E-state index in [1.54, 1.807) is 0 Å². The molecule has 0 radical (unpaired) electrons. The zero-order valence-electron chi connectivity index (χ0n) is 15.4. The van der Waals surface area contributed by atoms with Crippen LogP contribution in [0.5, 0.6) is 0 Å². The lowest BCUT2D eigenvalue weighted by molar-refractivity contribution is -0.0324. The van der Waals surface area contributed by atoms with Crippen molar-refractivity contribution in [2.24, 2.45) is 0 Å². The van der Waals surface area contributed by atoms with E-state index >= 15 is 0 Å². The summed E-state index contributed by atoms with van der Waals surface area (Å²) in [5.41, 5.74) is 1.40. The smallest absolute Gasteiger partial charge is 0.0700 e. The lowest BCUT2D eigenvalue weighted by Crippen LogP contribution is -2.41. The Morgan fingerprint density at radius 2 is 1.57 bits per heavy atom. The van der Waals surface area contributed by atoms with Crippen LogP contribution in [0, 0.1) is 0 Å². The van der Waals surface area contributed by atoms with Crippen LogP contribution < -0.4 is 0 Å². The van der Waals surface area contributed by atoms with Crippen molar-refractivity contribution in [3.05, 3.63) is 35.9 Å². The van der Waals surface area contributed by atoms with Crippen LogP contribution in [-0.4, -0.2) is 30.7 Å². The number of morpholine rings is 1. The highest BCUT2D eigenvalue weighted by Crippen LogP contribution is 2.11. The molecule has 1 unspecified atom stereocenters. The van der Waals surface area contributed by atoms with E-state index in [0.717, 1.165) is 32.7 Å². The minimum absolute atomic E-state index is 0.433. The van der Waals surface area contributed by atoms with Gasteiger partial charge in [0.1, 0.15) is 0 Å². The average Bonchev–Trinajstić information content (AvgIpc) is 2.61. The molecular formula is C19H37NO. The summed E-state index contributed by atoms with van der Waals surface area (Å²) in [5.74, 6) is 0. The Balaban J connectivity index is 0. The second-order valence-corrected chi connectivity index (χ2v) is 4.12. The third kappa shape index (κ3) is 10.5. The van der Waals surface area contributed by atoms with E-state index in [1.165, 1.54) is 5.56 Å². The van der Waals surface area contributed by atoms with Crippen molar-refractivity contribution in [3.8, 4) is 0 Å². The molecule has 1 saturated heterocycles. The maximum absolute atomic E-state index is 5.65. The molecule has 1 heterocycles. The first-order valence-corrected chi connectivity index (χ1v) is 8.76. The van der Waals surface area contributed by atoms with Gasteiger partial charge >= 0.3 is 0 Å².